The van der Waals surface area contributed by atoms with Crippen LogP contribution in [0.3, 0.4) is 0 Å². The number of hydrogen-bond donors (Lipinski definition) is 2. The fourth-order valence-electron chi connectivity index (χ4n) is 1.43. The largest absolute Gasteiger partial charge is 0.490 e. The molecule has 100 valence electrons. The summed E-state index contributed by atoms with van der Waals surface area (Å²) < 4.78 is 6.92. The molecule has 2 aromatic rings. The maximum Gasteiger partial charge on any atom is 0.263 e. The molecule has 0 spiro atoms. The Morgan fingerprint density at radius 2 is 2.21 bits per heavy atom. The zero-order valence-electron chi connectivity index (χ0n) is 10.8. The predicted octanol–water partition coefficient (Wildman–Crippen LogP) is 1.23. The van der Waals surface area contributed by atoms with Crippen molar-refractivity contribution in [2.24, 2.45) is 5.10 Å². The number of nitrogens with two attached hydrogens (primary N) is 1. The molecule has 0 aliphatic heterocycles. The Morgan fingerprint density at radius 3 is 2.89 bits per heavy atom. The molecule has 0 saturated heterocycles. The van der Waals surface area contributed by atoms with Crippen LogP contribution in [0.4, 0.5) is 5.95 Å². The lowest BCUT2D eigenvalue weighted by Crippen LogP contribution is -2.10. The van der Waals surface area contributed by atoms with Crippen LogP contribution >= 0.6 is 0 Å². The van der Waals surface area contributed by atoms with E-state index in [0.717, 1.165) is 11.3 Å². The Kier molecular flexibility index (Phi) is 3.97. The van der Waals surface area contributed by atoms with Gasteiger partial charge in [-0.15, -0.1) is 10.2 Å². The first-order chi connectivity index (χ1) is 9.16. The second-order valence-electron chi connectivity index (χ2n) is 4.14. The van der Waals surface area contributed by atoms with Crippen molar-refractivity contribution in [1.82, 2.24) is 14.9 Å². The van der Waals surface area contributed by atoms with Gasteiger partial charge in [0.15, 0.2) is 0 Å². The van der Waals surface area contributed by atoms with Crippen molar-refractivity contribution in [3.8, 4) is 5.75 Å². The summed E-state index contributed by atoms with van der Waals surface area (Å²) in [4.78, 5) is 0. The van der Waals surface area contributed by atoms with Crippen LogP contribution < -0.4 is 16.0 Å². The molecule has 1 aromatic heterocycles. The second kappa shape index (κ2) is 5.85. The molecular weight excluding hydrogens is 244 g/mol. The van der Waals surface area contributed by atoms with E-state index in [-0.39, 0.29) is 6.10 Å². The summed E-state index contributed by atoms with van der Waals surface area (Å²) in [6.07, 6.45) is 3.13. The molecule has 2 rings (SSSR count). The van der Waals surface area contributed by atoms with E-state index in [4.69, 9.17) is 10.6 Å². The summed E-state index contributed by atoms with van der Waals surface area (Å²) in [5, 5.41) is 11.4. The number of hydrazone groups is 1. The van der Waals surface area contributed by atoms with Crippen LogP contribution in [-0.4, -0.2) is 27.2 Å². The van der Waals surface area contributed by atoms with Gasteiger partial charge in [-0.25, -0.2) is 10.1 Å². The maximum atomic E-state index is 5.68. The molecule has 0 atom stereocenters. The summed E-state index contributed by atoms with van der Waals surface area (Å²) in [5.41, 5.74) is 3.57. The number of para-hydroxylation sites is 1. The molecule has 0 bridgehead atoms. The first-order valence-electron chi connectivity index (χ1n) is 5.86. The van der Waals surface area contributed by atoms with Gasteiger partial charge in [-0.2, -0.15) is 5.10 Å². The van der Waals surface area contributed by atoms with Crippen molar-refractivity contribution in [2.75, 3.05) is 11.3 Å². The molecule has 0 amide bonds. The van der Waals surface area contributed by atoms with Crippen molar-refractivity contribution < 1.29 is 4.74 Å². The van der Waals surface area contributed by atoms with E-state index in [0.29, 0.717) is 5.95 Å². The summed E-state index contributed by atoms with van der Waals surface area (Å²) in [7, 11) is 0. The molecule has 0 aliphatic carbocycles. The highest BCUT2D eigenvalue weighted by Gasteiger charge is 2.03. The number of nitrogens with zero attached hydrogens (tertiary/aromatic N) is 4. The van der Waals surface area contributed by atoms with Gasteiger partial charge in [0.25, 0.3) is 5.95 Å². The third-order valence-electron chi connectivity index (χ3n) is 2.22. The Morgan fingerprint density at radius 1 is 1.42 bits per heavy atom. The van der Waals surface area contributed by atoms with Crippen molar-refractivity contribution in [2.45, 2.75) is 20.0 Å². The summed E-state index contributed by atoms with van der Waals surface area (Å²) in [5.74, 6) is 6.68. The molecule has 7 heteroatoms. The molecule has 7 nitrogen and oxygen atoms in total. The summed E-state index contributed by atoms with van der Waals surface area (Å²) in [6.45, 7) is 3.95. The van der Waals surface area contributed by atoms with Gasteiger partial charge < -0.3 is 10.6 Å². The monoisotopic (exact) mass is 260 g/mol. The number of hydrogen-bond acceptors (Lipinski definition) is 6. The SMILES string of the molecule is CC(C)Oc1ccccc1C=NNc1nncn1N. The van der Waals surface area contributed by atoms with E-state index in [2.05, 4.69) is 20.7 Å². The number of aromatic nitrogens is 3. The first kappa shape index (κ1) is 12.9. The molecule has 1 aromatic carbocycles. The van der Waals surface area contributed by atoms with E-state index >= 15 is 0 Å². The van der Waals surface area contributed by atoms with E-state index in [1.54, 1.807) is 6.21 Å². The quantitative estimate of drug-likeness (QED) is 0.479. The highest BCUT2D eigenvalue weighted by atomic mass is 16.5. The zero-order chi connectivity index (χ0) is 13.7. The van der Waals surface area contributed by atoms with Gasteiger partial charge in [0.1, 0.15) is 12.1 Å². The third-order valence-corrected chi connectivity index (χ3v) is 2.22. The Bertz CT molecular complexity index is 563. The second-order valence-corrected chi connectivity index (χ2v) is 4.14. The van der Waals surface area contributed by atoms with Crippen molar-refractivity contribution in [3.05, 3.63) is 36.2 Å². The molecule has 0 saturated carbocycles. The van der Waals surface area contributed by atoms with Crippen molar-refractivity contribution in [1.29, 1.82) is 0 Å². The highest BCUT2D eigenvalue weighted by molar-refractivity contribution is 5.83. The minimum Gasteiger partial charge on any atom is -0.490 e. The number of anilines is 1. The molecule has 19 heavy (non-hydrogen) atoms. The Labute approximate surface area is 111 Å². The molecule has 0 fully saturated rings. The number of rotatable bonds is 5. The molecule has 1 heterocycles. The van der Waals surface area contributed by atoms with Crippen LogP contribution in [0.25, 0.3) is 0 Å². The standard InChI is InChI=1S/C12H16N6O/c1-9(2)19-11-6-4-3-5-10(11)7-14-16-12-17-15-8-18(12)13/h3-9H,13H2,1-2H3,(H,16,17). The smallest absolute Gasteiger partial charge is 0.263 e. The first-order valence-corrected chi connectivity index (χ1v) is 5.86. The maximum absolute atomic E-state index is 5.68. The van der Waals surface area contributed by atoms with Crippen LogP contribution in [0.2, 0.25) is 0 Å². The molecule has 0 aliphatic rings. The van der Waals surface area contributed by atoms with Gasteiger partial charge in [-0.3, -0.25) is 0 Å². The third kappa shape index (κ3) is 3.44. The summed E-state index contributed by atoms with van der Waals surface area (Å²) >= 11 is 0. The normalized spacial score (nSPS) is 11.1. The van der Waals surface area contributed by atoms with Gasteiger partial charge >= 0.3 is 0 Å². The molecular formula is C12H16N6O. The Balaban J connectivity index is 2.08. The number of nitrogen functional groups attached to an aromatic ring is 1. The number of ether oxygens (including phenoxy) is 1. The van der Waals surface area contributed by atoms with Gasteiger partial charge in [-0.1, -0.05) is 12.1 Å². The van der Waals surface area contributed by atoms with E-state index in [1.165, 1.54) is 11.0 Å². The number of nitrogens with one attached hydrogen (secondary N) is 1. The van der Waals surface area contributed by atoms with E-state index < -0.39 is 0 Å². The van der Waals surface area contributed by atoms with Crippen LogP contribution in [-0.2, 0) is 0 Å². The Hall–Kier alpha value is -2.57. The van der Waals surface area contributed by atoms with Crippen LogP contribution in [0.15, 0.2) is 35.7 Å². The lowest BCUT2D eigenvalue weighted by Gasteiger charge is -2.11. The minimum atomic E-state index is 0.106. The van der Waals surface area contributed by atoms with Crippen LogP contribution in [0.1, 0.15) is 19.4 Å². The van der Waals surface area contributed by atoms with Crippen molar-refractivity contribution in [3.63, 3.8) is 0 Å². The topological polar surface area (TPSA) is 90.3 Å². The summed E-state index contributed by atoms with van der Waals surface area (Å²) in [6, 6.07) is 7.64. The van der Waals surface area contributed by atoms with E-state index in [1.807, 2.05) is 38.1 Å². The highest BCUT2D eigenvalue weighted by Crippen LogP contribution is 2.17. The molecule has 0 radical (unpaired) electrons. The predicted molar refractivity (Wildman–Crippen MR) is 73.6 cm³/mol. The van der Waals surface area contributed by atoms with Gasteiger partial charge in [0.2, 0.25) is 0 Å². The van der Waals surface area contributed by atoms with Gasteiger partial charge in [-0.05, 0) is 26.0 Å². The molecule has 3 N–H and O–H groups in total. The van der Waals surface area contributed by atoms with E-state index in [9.17, 15) is 0 Å². The van der Waals surface area contributed by atoms with Crippen molar-refractivity contribution >= 4 is 12.2 Å². The fourth-order valence-corrected chi connectivity index (χ4v) is 1.43. The minimum absolute atomic E-state index is 0.106. The average molecular weight is 260 g/mol. The van der Waals surface area contributed by atoms with Crippen LogP contribution in [0.5, 0.6) is 5.75 Å². The zero-order valence-corrected chi connectivity index (χ0v) is 10.8. The lowest BCUT2D eigenvalue weighted by molar-refractivity contribution is 0.242. The molecule has 0 unspecified atom stereocenters. The number of benzene rings is 1. The van der Waals surface area contributed by atoms with Gasteiger partial charge in [0, 0.05) is 5.56 Å². The fraction of sp³-hybridized carbons (Fsp3) is 0.250. The van der Waals surface area contributed by atoms with Crippen LogP contribution in [0, 0.1) is 0 Å². The lowest BCUT2D eigenvalue weighted by atomic mass is 10.2. The van der Waals surface area contributed by atoms with Gasteiger partial charge in [0.05, 0.1) is 12.3 Å². The average Bonchev–Trinajstić information content (AvgIpc) is 2.77.